The van der Waals surface area contributed by atoms with Gasteiger partial charge in [-0.15, -0.1) is 0 Å². The first kappa shape index (κ1) is 35.2. The van der Waals surface area contributed by atoms with Crippen LogP contribution in [-0.4, -0.2) is 19.9 Å². The SMILES string of the molecule is Clc1ccccc1-c1c2nc(c(-c3ccccc3Cl)c3ccc([nH]3)c(-c3ccccc3Cl)c3nc(c(-c4ccccc4Cl)c4ccc1[nH]4)C=C3)C=C2.[Co]. The number of halogens is 4. The summed E-state index contributed by atoms with van der Waals surface area (Å²) in [6.45, 7) is 0. The van der Waals surface area contributed by atoms with Crippen LogP contribution in [0.4, 0.5) is 0 Å². The second-order valence-electron chi connectivity index (χ2n) is 12.4. The van der Waals surface area contributed by atoms with Gasteiger partial charge in [0.25, 0.3) is 0 Å². The molecule has 9 rings (SSSR count). The Morgan fingerprint density at radius 3 is 0.774 bits per heavy atom. The van der Waals surface area contributed by atoms with Gasteiger partial charge in [-0.1, -0.05) is 119 Å². The zero-order valence-corrected chi connectivity index (χ0v) is 31.7. The molecule has 2 N–H and O–H groups in total. The van der Waals surface area contributed by atoms with Crippen LogP contribution in [0.5, 0.6) is 0 Å². The maximum absolute atomic E-state index is 6.92. The fourth-order valence-corrected chi connectivity index (χ4v) is 7.92. The summed E-state index contributed by atoms with van der Waals surface area (Å²) >= 11 is 27.7. The first-order valence-electron chi connectivity index (χ1n) is 16.6. The molecule has 7 aromatic rings. The van der Waals surface area contributed by atoms with Crippen LogP contribution in [0.15, 0.2) is 121 Å². The quantitative estimate of drug-likeness (QED) is 0.186. The Hall–Kier alpha value is -4.85. The monoisotopic (exact) mass is 809 g/mol. The zero-order chi connectivity index (χ0) is 35.3. The van der Waals surface area contributed by atoms with Crippen LogP contribution in [0.2, 0.25) is 20.1 Å². The van der Waals surface area contributed by atoms with E-state index in [1.54, 1.807) is 0 Å². The van der Waals surface area contributed by atoms with Crippen molar-refractivity contribution in [3.8, 4) is 44.5 Å². The molecule has 0 atom stereocenters. The smallest absolute Gasteiger partial charge is 0.0737 e. The van der Waals surface area contributed by atoms with E-state index in [0.717, 1.165) is 89.4 Å². The Morgan fingerprint density at radius 1 is 0.321 bits per heavy atom. The first-order valence-corrected chi connectivity index (χ1v) is 18.1. The number of aromatic amines is 2. The number of H-pyrrole nitrogens is 2. The number of fused-ring (bicyclic) bond motifs is 8. The van der Waals surface area contributed by atoms with Crippen molar-refractivity contribution in [2.24, 2.45) is 0 Å². The van der Waals surface area contributed by atoms with E-state index in [2.05, 4.69) is 34.2 Å². The van der Waals surface area contributed by atoms with Gasteiger partial charge in [0.1, 0.15) is 0 Å². The molecule has 9 heteroatoms. The van der Waals surface area contributed by atoms with Gasteiger partial charge in [0.15, 0.2) is 0 Å². The van der Waals surface area contributed by atoms with Crippen LogP contribution >= 0.6 is 46.4 Å². The number of hydrogen-bond acceptors (Lipinski definition) is 2. The second kappa shape index (κ2) is 14.5. The van der Waals surface area contributed by atoms with Gasteiger partial charge in [-0.3, -0.25) is 0 Å². The molecule has 0 unspecified atom stereocenters. The van der Waals surface area contributed by atoms with Crippen molar-refractivity contribution in [3.05, 3.63) is 164 Å². The van der Waals surface area contributed by atoms with Crippen LogP contribution in [0.1, 0.15) is 22.8 Å². The van der Waals surface area contributed by atoms with Crippen molar-refractivity contribution in [2.75, 3.05) is 0 Å². The van der Waals surface area contributed by atoms with E-state index in [1.165, 1.54) is 0 Å². The summed E-state index contributed by atoms with van der Waals surface area (Å²) in [5, 5.41) is 2.43. The summed E-state index contributed by atoms with van der Waals surface area (Å²) in [5.41, 5.74) is 13.1. The van der Waals surface area contributed by atoms with E-state index in [0.29, 0.717) is 20.1 Å². The van der Waals surface area contributed by atoms with E-state index in [9.17, 15) is 0 Å². The Morgan fingerprint density at radius 2 is 0.547 bits per heavy atom. The molecular weight excluding hydrogens is 785 g/mol. The molecule has 2 aliphatic heterocycles. The first-order chi connectivity index (χ1) is 25.4. The minimum absolute atomic E-state index is 0. The molecule has 0 fully saturated rings. The largest absolute Gasteiger partial charge is 0.354 e. The van der Waals surface area contributed by atoms with E-state index in [1.807, 2.05) is 121 Å². The summed E-state index contributed by atoms with van der Waals surface area (Å²) < 4.78 is 0. The van der Waals surface area contributed by atoms with Crippen LogP contribution in [-0.2, 0) is 16.8 Å². The van der Waals surface area contributed by atoms with E-state index < -0.39 is 0 Å². The number of nitrogens with zero attached hydrogens (tertiary/aromatic N) is 2. The normalized spacial score (nSPS) is 11.8. The van der Waals surface area contributed by atoms with Gasteiger partial charge >= 0.3 is 0 Å². The molecule has 0 amide bonds. The molecule has 4 aromatic carbocycles. The molecule has 2 aliphatic rings. The van der Waals surface area contributed by atoms with Gasteiger partial charge in [-0.05, 0) is 72.8 Å². The van der Waals surface area contributed by atoms with Crippen molar-refractivity contribution in [3.63, 3.8) is 0 Å². The standard InChI is InChI=1S/C44H26Cl4N4.Co/c45-29-13-5-1-9-25(29)41-33-17-19-35(49-33)42(26-10-2-6-14-30(26)46)37-21-23-39(51-37)44(28-12-4-8-16-32(28)48)40-24-22-38(52-40)43(36-20-18-34(41)50-36)27-11-3-7-15-31(27)47;/h1-24,49,52H;. The van der Waals surface area contributed by atoms with Gasteiger partial charge in [0, 0.05) is 103 Å². The van der Waals surface area contributed by atoms with Crippen molar-refractivity contribution in [1.82, 2.24) is 19.9 Å². The van der Waals surface area contributed by atoms with Crippen molar-refractivity contribution < 1.29 is 16.8 Å². The third-order valence-electron chi connectivity index (χ3n) is 9.33. The second-order valence-corrected chi connectivity index (χ2v) is 14.1. The molecule has 0 saturated carbocycles. The molecule has 0 aliphatic carbocycles. The van der Waals surface area contributed by atoms with Crippen LogP contribution in [0, 0.1) is 0 Å². The number of aromatic nitrogens is 4. The third-order valence-corrected chi connectivity index (χ3v) is 10.6. The van der Waals surface area contributed by atoms with E-state index in [4.69, 9.17) is 56.4 Å². The number of nitrogens with one attached hydrogen (secondary N) is 2. The fraction of sp³-hybridized carbons (Fsp3) is 0. The van der Waals surface area contributed by atoms with Gasteiger partial charge in [0.05, 0.1) is 22.8 Å². The Labute approximate surface area is 336 Å². The van der Waals surface area contributed by atoms with E-state index >= 15 is 0 Å². The summed E-state index contributed by atoms with van der Waals surface area (Å²) in [7, 11) is 0. The van der Waals surface area contributed by atoms with Gasteiger partial charge in [-0.2, -0.15) is 0 Å². The van der Waals surface area contributed by atoms with Gasteiger partial charge in [0.2, 0.25) is 0 Å². The van der Waals surface area contributed by atoms with Crippen molar-refractivity contribution >= 4 is 92.8 Å². The molecule has 4 nitrogen and oxygen atoms in total. The summed E-state index contributed by atoms with van der Waals surface area (Å²) in [4.78, 5) is 18.0. The topological polar surface area (TPSA) is 57.4 Å². The van der Waals surface area contributed by atoms with Crippen LogP contribution in [0.3, 0.4) is 0 Å². The Balaban J connectivity index is 0.00000400. The maximum atomic E-state index is 6.92. The van der Waals surface area contributed by atoms with Gasteiger partial charge in [-0.25, -0.2) is 9.97 Å². The Bertz CT molecular complexity index is 2440. The molecular formula is C44H26Cl4CoN4. The van der Waals surface area contributed by atoms with Crippen LogP contribution < -0.4 is 0 Å². The molecule has 259 valence electrons. The maximum Gasteiger partial charge on any atom is 0.0737 e. The molecule has 1 radical (unpaired) electrons. The minimum atomic E-state index is 0. The summed E-state index contributed by atoms with van der Waals surface area (Å²) in [5.74, 6) is 0. The zero-order valence-electron chi connectivity index (χ0n) is 27.6. The van der Waals surface area contributed by atoms with Crippen molar-refractivity contribution in [2.45, 2.75) is 0 Å². The van der Waals surface area contributed by atoms with Crippen LogP contribution in [0.25, 0.3) is 90.9 Å². The summed E-state index contributed by atoms with van der Waals surface area (Å²) in [6, 6.07) is 39.4. The molecule has 0 spiro atoms. The predicted molar refractivity (Wildman–Crippen MR) is 221 cm³/mol. The Kier molecular flexibility index (Phi) is 9.64. The number of benzene rings is 4. The van der Waals surface area contributed by atoms with E-state index in [-0.39, 0.29) is 16.8 Å². The molecule has 8 bridgehead atoms. The predicted octanol–water partition coefficient (Wildman–Crippen LogP) is 13.9. The minimum Gasteiger partial charge on any atom is -0.354 e. The molecule has 0 saturated heterocycles. The molecule has 3 aromatic heterocycles. The third kappa shape index (κ3) is 6.34. The summed E-state index contributed by atoms with van der Waals surface area (Å²) in [6.07, 6.45) is 8.10. The van der Waals surface area contributed by atoms with Gasteiger partial charge < -0.3 is 9.97 Å². The fourth-order valence-electron chi connectivity index (χ4n) is 6.99. The van der Waals surface area contributed by atoms with Crippen molar-refractivity contribution in [1.29, 1.82) is 0 Å². The average Bonchev–Trinajstić information content (AvgIpc) is 3.99. The average molecular weight is 811 g/mol. The molecule has 53 heavy (non-hydrogen) atoms. The number of rotatable bonds is 4. The number of hydrogen-bond donors (Lipinski definition) is 2. The molecule has 5 heterocycles.